The van der Waals surface area contributed by atoms with E-state index in [4.69, 9.17) is 0 Å². The Morgan fingerprint density at radius 2 is 1.78 bits per heavy atom. The van der Waals surface area contributed by atoms with Crippen LogP contribution in [0.15, 0.2) is 77.4 Å². The average Bonchev–Trinajstić information content (AvgIpc) is 3.54. The molecule has 1 aromatic heterocycles. The van der Waals surface area contributed by atoms with Crippen molar-refractivity contribution in [3.05, 3.63) is 99.7 Å². The predicted molar refractivity (Wildman–Crippen MR) is 145 cm³/mol. The molecule has 0 radical (unpaired) electrons. The van der Waals surface area contributed by atoms with E-state index < -0.39 is 5.97 Å². The number of halogens is 1. The zero-order valence-electron chi connectivity index (χ0n) is 19.8. The van der Waals surface area contributed by atoms with Crippen molar-refractivity contribution in [1.82, 2.24) is 10.3 Å². The van der Waals surface area contributed by atoms with Gasteiger partial charge in [-0.05, 0) is 53.8 Å². The van der Waals surface area contributed by atoms with Crippen LogP contribution in [0.1, 0.15) is 41.1 Å². The molecule has 4 aromatic rings. The van der Waals surface area contributed by atoms with Crippen molar-refractivity contribution in [3.8, 4) is 0 Å². The molecule has 1 saturated heterocycles. The molecule has 3 aromatic carbocycles. The number of aromatic amines is 1. The van der Waals surface area contributed by atoms with Crippen LogP contribution in [0.4, 0.5) is 5.69 Å². The van der Waals surface area contributed by atoms with E-state index >= 15 is 0 Å². The lowest BCUT2D eigenvalue weighted by molar-refractivity contribution is -0.136. The van der Waals surface area contributed by atoms with Crippen molar-refractivity contribution >= 4 is 44.4 Å². The highest BCUT2D eigenvalue weighted by Crippen LogP contribution is 2.35. The molecule has 3 N–H and O–H groups in total. The summed E-state index contributed by atoms with van der Waals surface area (Å²) in [7, 11) is 0. The fraction of sp³-hybridized carbons (Fsp3) is 0.241. The monoisotopic (exact) mass is 545 g/mol. The third-order valence-corrected chi connectivity index (χ3v) is 7.22. The molecule has 2 heterocycles. The van der Waals surface area contributed by atoms with Crippen LogP contribution in [0.25, 0.3) is 10.9 Å². The van der Waals surface area contributed by atoms with E-state index in [1.807, 2.05) is 54.6 Å². The molecule has 1 aliphatic rings. The molecule has 1 unspecified atom stereocenters. The van der Waals surface area contributed by atoms with Crippen molar-refractivity contribution in [2.24, 2.45) is 0 Å². The molecule has 7 heteroatoms. The average molecular weight is 546 g/mol. The lowest BCUT2D eigenvalue weighted by Crippen LogP contribution is -2.32. The number of carbonyl (C=O) groups is 2. The third kappa shape index (κ3) is 5.31. The van der Waals surface area contributed by atoms with Crippen LogP contribution >= 0.6 is 15.9 Å². The van der Waals surface area contributed by atoms with E-state index in [1.165, 1.54) is 12.8 Å². The molecule has 1 atom stereocenters. The number of hydrogen-bond donors (Lipinski definition) is 3. The quantitative estimate of drug-likeness (QED) is 0.269. The maximum atomic E-state index is 13.4. The van der Waals surface area contributed by atoms with Crippen molar-refractivity contribution in [1.29, 1.82) is 0 Å². The number of aliphatic carboxylic acids is 1. The second kappa shape index (κ2) is 10.6. The number of amides is 1. The van der Waals surface area contributed by atoms with Gasteiger partial charge < -0.3 is 20.3 Å². The predicted octanol–water partition coefficient (Wildman–Crippen LogP) is 5.61. The fourth-order valence-electron chi connectivity index (χ4n) is 5.02. The van der Waals surface area contributed by atoms with Gasteiger partial charge in [0.1, 0.15) is 0 Å². The molecule has 184 valence electrons. The van der Waals surface area contributed by atoms with Gasteiger partial charge in [-0.25, -0.2) is 0 Å². The SMILES string of the molecule is O=C(O)Cc1c[nH]c2ccc(CC(=O)NC(c3ccccc3)c3ccc(Br)cc3N3CCCC3)cc12. The van der Waals surface area contributed by atoms with Gasteiger partial charge >= 0.3 is 5.97 Å². The number of carbonyl (C=O) groups excluding carboxylic acids is 1. The standard InChI is InChI=1S/C29H28BrN3O3/c30-22-9-10-23(26(17-22)33-12-4-5-13-33)29(20-6-2-1-3-7-20)32-27(34)15-19-8-11-25-24(14-19)21(18-31-25)16-28(35)36/h1-3,6-11,14,17-18,29,31H,4-5,12-13,15-16H2,(H,32,34)(H,35,36). The second-order valence-corrected chi connectivity index (χ2v) is 10.2. The molecule has 1 aliphatic heterocycles. The summed E-state index contributed by atoms with van der Waals surface area (Å²) in [5, 5.41) is 13.3. The normalized spacial score (nSPS) is 14.2. The van der Waals surface area contributed by atoms with E-state index in [0.29, 0.717) is 5.56 Å². The minimum Gasteiger partial charge on any atom is -0.481 e. The highest BCUT2D eigenvalue weighted by molar-refractivity contribution is 9.10. The molecule has 5 rings (SSSR count). The number of carboxylic acid groups (broad SMARTS) is 1. The van der Waals surface area contributed by atoms with Gasteiger partial charge in [-0.2, -0.15) is 0 Å². The number of nitrogens with zero attached hydrogens (tertiary/aromatic N) is 1. The highest BCUT2D eigenvalue weighted by Gasteiger charge is 2.24. The molecular weight excluding hydrogens is 518 g/mol. The minimum atomic E-state index is -0.881. The third-order valence-electron chi connectivity index (χ3n) is 6.73. The number of rotatable bonds is 8. The number of carboxylic acids is 1. The van der Waals surface area contributed by atoms with Gasteiger partial charge in [-0.1, -0.05) is 58.4 Å². The lowest BCUT2D eigenvalue weighted by Gasteiger charge is -2.27. The van der Waals surface area contributed by atoms with Crippen LogP contribution < -0.4 is 10.2 Å². The molecule has 0 bridgehead atoms. The second-order valence-electron chi connectivity index (χ2n) is 9.25. The summed E-state index contributed by atoms with van der Waals surface area (Å²) in [5.74, 6) is -0.970. The van der Waals surface area contributed by atoms with Crippen molar-refractivity contribution in [2.45, 2.75) is 31.7 Å². The summed E-state index contributed by atoms with van der Waals surface area (Å²) in [6, 6.07) is 21.8. The first kappa shape index (κ1) is 24.1. The van der Waals surface area contributed by atoms with E-state index in [0.717, 1.165) is 50.8 Å². The number of H-pyrrole nitrogens is 1. The van der Waals surface area contributed by atoms with Crippen LogP contribution in [-0.2, 0) is 22.4 Å². The van der Waals surface area contributed by atoms with Crippen LogP contribution in [0, 0.1) is 0 Å². The first-order chi connectivity index (χ1) is 17.5. The Morgan fingerprint density at radius 1 is 1.00 bits per heavy atom. The molecular formula is C29H28BrN3O3. The smallest absolute Gasteiger partial charge is 0.307 e. The van der Waals surface area contributed by atoms with Gasteiger partial charge in [0.15, 0.2) is 0 Å². The molecule has 1 fully saturated rings. The molecule has 0 saturated carbocycles. The maximum Gasteiger partial charge on any atom is 0.307 e. The Bertz CT molecular complexity index is 1390. The van der Waals surface area contributed by atoms with Crippen LogP contribution in [-0.4, -0.2) is 35.1 Å². The number of nitrogens with one attached hydrogen (secondary N) is 2. The Balaban J connectivity index is 1.44. The van der Waals surface area contributed by atoms with E-state index in [9.17, 15) is 14.7 Å². The summed E-state index contributed by atoms with van der Waals surface area (Å²) in [4.78, 5) is 30.1. The van der Waals surface area contributed by atoms with E-state index in [-0.39, 0.29) is 24.8 Å². The number of aromatic nitrogens is 1. The summed E-state index contributed by atoms with van der Waals surface area (Å²) in [6.45, 7) is 2.02. The molecule has 36 heavy (non-hydrogen) atoms. The van der Waals surface area contributed by atoms with Crippen molar-refractivity contribution in [3.63, 3.8) is 0 Å². The van der Waals surface area contributed by atoms with E-state index in [2.05, 4.69) is 43.3 Å². The van der Waals surface area contributed by atoms with E-state index in [1.54, 1.807) is 6.20 Å². The first-order valence-electron chi connectivity index (χ1n) is 12.2. The highest BCUT2D eigenvalue weighted by atomic mass is 79.9. The first-order valence-corrected chi connectivity index (χ1v) is 13.0. The Morgan fingerprint density at radius 3 is 2.53 bits per heavy atom. The number of benzene rings is 3. The maximum absolute atomic E-state index is 13.4. The van der Waals surface area contributed by atoms with Crippen molar-refractivity contribution < 1.29 is 14.7 Å². The van der Waals surface area contributed by atoms with Crippen LogP contribution in [0.2, 0.25) is 0 Å². The number of fused-ring (bicyclic) bond motifs is 1. The zero-order valence-corrected chi connectivity index (χ0v) is 21.4. The number of anilines is 1. The summed E-state index contributed by atoms with van der Waals surface area (Å²) in [6.07, 6.45) is 4.20. The van der Waals surface area contributed by atoms with Gasteiger partial charge in [0.2, 0.25) is 5.91 Å². The van der Waals surface area contributed by atoms with Gasteiger partial charge in [-0.15, -0.1) is 0 Å². The largest absolute Gasteiger partial charge is 0.481 e. The fourth-order valence-corrected chi connectivity index (χ4v) is 5.37. The van der Waals surface area contributed by atoms with Crippen LogP contribution in [0.5, 0.6) is 0 Å². The summed E-state index contributed by atoms with van der Waals surface area (Å²) >= 11 is 3.63. The summed E-state index contributed by atoms with van der Waals surface area (Å²) < 4.78 is 1.02. The van der Waals surface area contributed by atoms with Gasteiger partial charge in [0.05, 0.1) is 18.9 Å². The lowest BCUT2D eigenvalue weighted by atomic mass is 9.96. The Kier molecular flexibility index (Phi) is 7.09. The van der Waals surface area contributed by atoms with Gasteiger partial charge in [0.25, 0.3) is 0 Å². The molecule has 0 spiro atoms. The van der Waals surface area contributed by atoms with Gasteiger partial charge in [-0.3, -0.25) is 9.59 Å². The van der Waals surface area contributed by atoms with Crippen LogP contribution in [0.3, 0.4) is 0 Å². The van der Waals surface area contributed by atoms with Crippen molar-refractivity contribution in [2.75, 3.05) is 18.0 Å². The zero-order chi connectivity index (χ0) is 25.1. The summed E-state index contributed by atoms with van der Waals surface area (Å²) in [5.41, 5.74) is 5.66. The Hall–Kier alpha value is -3.58. The minimum absolute atomic E-state index is 0.0609. The topological polar surface area (TPSA) is 85.4 Å². The molecule has 6 nitrogen and oxygen atoms in total. The van der Waals surface area contributed by atoms with Gasteiger partial charge in [0, 0.05) is 45.9 Å². The Labute approximate surface area is 218 Å². The molecule has 0 aliphatic carbocycles. The number of hydrogen-bond acceptors (Lipinski definition) is 3. The molecule has 1 amide bonds.